The van der Waals surface area contributed by atoms with E-state index in [4.69, 9.17) is 11.6 Å². The Morgan fingerprint density at radius 2 is 1.43 bits per heavy atom. The van der Waals surface area contributed by atoms with E-state index in [1.807, 2.05) is 42.5 Å². The van der Waals surface area contributed by atoms with Crippen molar-refractivity contribution in [2.75, 3.05) is 4.90 Å². The Hall–Kier alpha value is -5.41. The van der Waals surface area contributed by atoms with Crippen LogP contribution in [0.3, 0.4) is 0 Å². The lowest BCUT2D eigenvalue weighted by molar-refractivity contribution is -0.124. The largest absolute Gasteiger partial charge is 0.508 e. The number of aromatic hydroxyl groups is 1. The van der Waals surface area contributed by atoms with E-state index in [1.165, 1.54) is 14.3 Å². The number of amides is 2. The van der Waals surface area contributed by atoms with Gasteiger partial charge in [0.25, 0.3) is 0 Å². The maximum absolute atomic E-state index is 15.1. The first-order valence-corrected chi connectivity index (χ1v) is 15.4. The summed E-state index contributed by atoms with van der Waals surface area (Å²) in [7, 11) is 0. The summed E-state index contributed by atoms with van der Waals surface area (Å²) in [5.74, 6) is -2.37. The van der Waals surface area contributed by atoms with E-state index in [9.17, 15) is 19.5 Å². The van der Waals surface area contributed by atoms with Crippen molar-refractivity contribution in [1.29, 1.82) is 0 Å². The van der Waals surface area contributed by atoms with Gasteiger partial charge in [0.15, 0.2) is 0 Å². The molecule has 228 valence electrons. The fourth-order valence-electron chi connectivity index (χ4n) is 7.85. The van der Waals surface area contributed by atoms with Gasteiger partial charge in [-0.3, -0.25) is 9.59 Å². The van der Waals surface area contributed by atoms with Crippen molar-refractivity contribution in [3.05, 3.63) is 158 Å². The Kier molecular flexibility index (Phi) is 6.30. The molecule has 4 aromatic carbocycles. The number of carbonyl (C=O) groups is 2. The maximum Gasteiger partial charge on any atom is 0.352 e. The minimum Gasteiger partial charge on any atom is -0.508 e. The van der Waals surface area contributed by atoms with E-state index in [0.717, 1.165) is 10.1 Å². The molecule has 1 saturated heterocycles. The summed E-state index contributed by atoms with van der Waals surface area (Å²) in [6.45, 7) is 0.101. The molecule has 5 aromatic rings. The predicted octanol–water partition coefficient (Wildman–Crippen LogP) is 4.96. The molecule has 4 atom stereocenters. The van der Waals surface area contributed by atoms with Gasteiger partial charge in [0, 0.05) is 10.9 Å². The third-order valence-corrected chi connectivity index (χ3v) is 9.91. The van der Waals surface area contributed by atoms with Crippen LogP contribution in [0.5, 0.6) is 5.75 Å². The summed E-state index contributed by atoms with van der Waals surface area (Å²) in [6, 6.07) is 30.6. The molecular weight excluding hydrogens is 604 g/mol. The molecule has 1 aliphatic carbocycles. The molecule has 9 nitrogen and oxygen atoms in total. The summed E-state index contributed by atoms with van der Waals surface area (Å²) in [4.78, 5) is 58.9. The number of anilines is 1. The lowest BCUT2D eigenvalue weighted by Crippen LogP contribution is -2.53. The smallest absolute Gasteiger partial charge is 0.352 e. The number of hydrogen-bond donors (Lipinski definition) is 1. The van der Waals surface area contributed by atoms with E-state index in [-0.39, 0.29) is 18.7 Å². The van der Waals surface area contributed by atoms with Crippen molar-refractivity contribution in [2.45, 2.75) is 30.3 Å². The van der Waals surface area contributed by atoms with Crippen LogP contribution in [0.2, 0.25) is 5.02 Å². The molecule has 0 radical (unpaired) electrons. The predicted molar refractivity (Wildman–Crippen MR) is 172 cm³/mol. The third-order valence-electron chi connectivity index (χ3n) is 9.67. The van der Waals surface area contributed by atoms with E-state index < -0.39 is 46.5 Å². The van der Waals surface area contributed by atoms with Gasteiger partial charge in [-0.15, -0.1) is 0 Å². The van der Waals surface area contributed by atoms with Crippen molar-refractivity contribution in [3.63, 3.8) is 0 Å². The zero-order chi connectivity index (χ0) is 31.7. The highest BCUT2D eigenvalue weighted by Crippen LogP contribution is 2.62. The Morgan fingerprint density at radius 1 is 0.761 bits per heavy atom. The van der Waals surface area contributed by atoms with E-state index in [1.54, 1.807) is 72.8 Å². The summed E-state index contributed by atoms with van der Waals surface area (Å²) in [5.41, 5.74) is 0.519. The van der Waals surface area contributed by atoms with Crippen LogP contribution < -0.4 is 16.3 Å². The molecule has 1 saturated carbocycles. The second-order valence-electron chi connectivity index (χ2n) is 11.9. The van der Waals surface area contributed by atoms with Crippen LogP contribution >= 0.6 is 11.6 Å². The quantitative estimate of drug-likeness (QED) is 0.223. The first-order valence-electron chi connectivity index (χ1n) is 15.0. The van der Waals surface area contributed by atoms with Gasteiger partial charge >= 0.3 is 11.4 Å². The molecule has 8 rings (SSSR count). The topological polar surface area (TPSA) is 107 Å². The van der Waals surface area contributed by atoms with Gasteiger partial charge in [-0.25, -0.2) is 28.4 Å². The van der Waals surface area contributed by atoms with E-state index in [2.05, 4.69) is 0 Å². The van der Waals surface area contributed by atoms with Crippen molar-refractivity contribution in [2.24, 2.45) is 5.92 Å². The Morgan fingerprint density at radius 3 is 2.13 bits per heavy atom. The summed E-state index contributed by atoms with van der Waals surface area (Å²) in [5, 5.41) is 10.6. The molecule has 3 heterocycles. The van der Waals surface area contributed by atoms with Gasteiger partial charge in [-0.2, -0.15) is 0 Å². The zero-order valence-electron chi connectivity index (χ0n) is 24.4. The average molecular weight is 631 g/mol. The standard InChI is InChI=1S/C36H27ClN4O5/c37-24-10-7-13-26(20-24)39-32(43)29-21-30-28(18-19-38-34(45)40(35(46)41(30)38)25-11-5-2-6-12-25)31(22-14-16-27(42)17-15-22)36(29,33(39)44)23-8-3-1-4-9-23/h1-18,20,29-31,42H,19,21H2/t29-,30+,31-,36+/m0/s1. The molecule has 2 aliphatic heterocycles. The summed E-state index contributed by atoms with van der Waals surface area (Å²) >= 11 is 6.35. The van der Waals surface area contributed by atoms with Crippen LogP contribution in [-0.4, -0.2) is 30.9 Å². The SMILES string of the molecule is O=C1[C@@H]2C[C@@H]3C(=CCn4c(=O)n(-c5ccccc5)c(=O)n43)[C@H](c3ccc(O)cc3)[C@]2(c2ccccc2)C(=O)N1c1cccc(Cl)c1. The maximum atomic E-state index is 15.1. The van der Waals surface area contributed by atoms with Crippen molar-refractivity contribution < 1.29 is 14.7 Å². The van der Waals surface area contributed by atoms with Crippen LogP contribution in [0.1, 0.15) is 29.5 Å². The highest BCUT2D eigenvalue weighted by molar-refractivity contribution is 6.32. The van der Waals surface area contributed by atoms with Gasteiger partial charge in [0.1, 0.15) is 5.75 Å². The highest BCUT2D eigenvalue weighted by Gasteiger charge is 2.68. The first kappa shape index (κ1) is 28.1. The number of carbonyl (C=O) groups excluding carboxylic acids is 2. The molecule has 1 N–H and O–H groups in total. The summed E-state index contributed by atoms with van der Waals surface area (Å²) < 4.78 is 4.00. The van der Waals surface area contributed by atoms with Crippen LogP contribution in [0.15, 0.2) is 130 Å². The molecule has 3 aliphatic rings. The second-order valence-corrected chi connectivity index (χ2v) is 12.3. The van der Waals surface area contributed by atoms with Gasteiger partial charge in [0.05, 0.1) is 35.3 Å². The molecule has 46 heavy (non-hydrogen) atoms. The van der Waals surface area contributed by atoms with Crippen LogP contribution in [0, 0.1) is 5.92 Å². The number of allylic oxidation sites excluding steroid dienone is 2. The first-order chi connectivity index (χ1) is 22.3. The lowest BCUT2D eigenvalue weighted by atomic mass is 9.53. The fourth-order valence-corrected chi connectivity index (χ4v) is 8.03. The van der Waals surface area contributed by atoms with E-state index >= 15 is 4.79 Å². The molecule has 2 amide bonds. The van der Waals surface area contributed by atoms with Gasteiger partial charge in [-0.05, 0) is 65.6 Å². The number of aromatic nitrogens is 3. The second kappa shape index (κ2) is 10.3. The molecule has 2 fully saturated rings. The van der Waals surface area contributed by atoms with E-state index in [0.29, 0.717) is 27.5 Å². The molecule has 0 spiro atoms. The fraction of sp³-hybridized carbons (Fsp3) is 0.167. The summed E-state index contributed by atoms with van der Waals surface area (Å²) in [6.07, 6.45) is 2.02. The molecule has 0 bridgehead atoms. The molecule has 0 unspecified atom stereocenters. The number of phenols is 1. The van der Waals surface area contributed by atoms with Gasteiger partial charge < -0.3 is 5.11 Å². The van der Waals surface area contributed by atoms with Crippen molar-refractivity contribution in [1.82, 2.24) is 13.9 Å². The Labute approximate surface area is 267 Å². The van der Waals surface area contributed by atoms with Crippen molar-refractivity contribution >= 4 is 29.1 Å². The number of rotatable bonds is 4. The number of fused-ring (bicyclic) bond motifs is 4. The van der Waals surface area contributed by atoms with Gasteiger partial charge in [-0.1, -0.05) is 84.4 Å². The van der Waals surface area contributed by atoms with Crippen LogP contribution in [-0.2, 0) is 21.5 Å². The monoisotopic (exact) mass is 630 g/mol. The minimum atomic E-state index is -1.39. The number of imide groups is 1. The van der Waals surface area contributed by atoms with Crippen LogP contribution in [0.25, 0.3) is 5.69 Å². The lowest BCUT2D eigenvalue weighted by Gasteiger charge is -2.49. The van der Waals surface area contributed by atoms with Crippen LogP contribution in [0.4, 0.5) is 5.69 Å². The number of phenolic OH excluding ortho intramolecular Hbond substituents is 1. The number of benzene rings is 4. The third kappa shape index (κ3) is 3.81. The molecule has 10 heteroatoms. The number of halogens is 1. The van der Waals surface area contributed by atoms with Gasteiger partial charge in [0.2, 0.25) is 11.8 Å². The van der Waals surface area contributed by atoms with Crippen molar-refractivity contribution in [3.8, 4) is 11.4 Å². The highest BCUT2D eigenvalue weighted by atomic mass is 35.5. The molecule has 1 aromatic heterocycles. The average Bonchev–Trinajstić information content (AvgIpc) is 3.46. The number of hydrogen-bond acceptors (Lipinski definition) is 5. The minimum absolute atomic E-state index is 0.0541. The zero-order valence-corrected chi connectivity index (χ0v) is 25.1. The Bertz CT molecular complexity index is 2190. The Balaban J connectivity index is 1.41. The number of para-hydroxylation sites is 1. The normalized spacial score (nSPS) is 23.5. The number of nitrogens with zero attached hydrogens (tertiary/aromatic N) is 4. The molecular formula is C36H27ClN4O5.